The largest absolute Gasteiger partial charge is 0.508 e. The van der Waals surface area contributed by atoms with Gasteiger partial charge in [0.2, 0.25) is 0 Å². The maximum absolute atomic E-state index is 14.0. The fraction of sp³-hybridized carbons (Fsp3) is 0.486. The van der Waals surface area contributed by atoms with Crippen molar-refractivity contribution < 1.29 is 9.90 Å². The highest BCUT2D eigenvalue weighted by Crippen LogP contribution is 2.32. The predicted molar refractivity (Wildman–Crippen MR) is 170 cm³/mol. The second-order valence-electron chi connectivity index (χ2n) is 12.0. The van der Waals surface area contributed by atoms with E-state index in [0.717, 1.165) is 74.7 Å². The highest BCUT2D eigenvalue weighted by atomic mass is 16.3. The van der Waals surface area contributed by atoms with Crippen molar-refractivity contribution in [1.82, 2.24) is 10.2 Å². The molecule has 2 N–H and O–H groups in total. The molecule has 1 aliphatic carbocycles. The number of hydrogen-bond donors (Lipinski definition) is 2. The Balaban J connectivity index is 1.33. The van der Waals surface area contributed by atoms with Gasteiger partial charge in [-0.3, -0.25) is 4.79 Å². The van der Waals surface area contributed by atoms with Gasteiger partial charge in [-0.05, 0) is 91.8 Å². The van der Waals surface area contributed by atoms with E-state index in [-0.39, 0.29) is 5.91 Å². The van der Waals surface area contributed by atoms with Gasteiger partial charge in [0.25, 0.3) is 5.91 Å². The maximum atomic E-state index is 14.0. The first-order chi connectivity index (χ1) is 20.1. The number of hydrogen-bond acceptors (Lipinski definition) is 3. The summed E-state index contributed by atoms with van der Waals surface area (Å²) in [4.78, 5) is 16.1. The fourth-order valence-electron chi connectivity index (χ4n) is 6.31. The van der Waals surface area contributed by atoms with Crippen LogP contribution in [0.1, 0.15) is 91.8 Å². The average Bonchev–Trinajstić information content (AvgIpc) is 3.02. The number of phenolic OH excluding ortho intramolecular Hbond substituents is 1. The summed E-state index contributed by atoms with van der Waals surface area (Å²) < 4.78 is 0. The first-order valence-corrected chi connectivity index (χ1v) is 16.0. The molecule has 0 radical (unpaired) electrons. The number of benzene rings is 3. The van der Waals surface area contributed by atoms with Gasteiger partial charge in [-0.25, -0.2) is 0 Å². The molecule has 41 heavy (non-hydrogen) atoms. The van der Waals surface area contributed by atoms with Crippen LogP contribution in [-0.2, 0) is 19.4 Å². The summed E-state index contributed by atoms with van der Waals surface area (Å²) in [6, 6.07) is 26.2. The third-order valence-corrected chi connectivity index (χ3v) is 8.91. The molecule has 3 aromatic carbocycles. The minimum absolute atomic E-state index is 0.172. The highest BCUT2D eigenvalue weighted by molar-refractivity contribution is 5.95. The van der Waals surface area contributed by atoms with Crippen molar-refractivity contribution in [3.63, 3.8) is 0 Å². The van der Waals surface area contributed by atoms with E-state index in [1.54, 1.807) is 12.1 Å². The van der Waals surface area contributed by atoms with Crippen molar-refractivity contribution in [3.05, 3.63) is 101 Å². The number of phenols is 1. The number of aromatic hydroxyl groups is 1. The molecule has 1 amide bonds. The Bertz CT molecular complexity index is 1160. The number of unbranched alkanes of at least 4 members (excludes halogenated alkanes) is 1. The van der Waals surface area contributed by atoms with Crippen LogP contribution >= 0.6 is 0 Å². The van der Waals surface area contributed by atoms with Gasteiger partial charge < -0.3 is 15.3 Å². The Morgan fingerprint density at radius 3 is 2.29 bits per heavy atom. The maximum Gasteiger partial charge on any atom is 0.254 e. The molecule has 0 aliphatic heterocycles. The minimum atomic E-state index is 0.172. The molecule has 0 aromatic heterocycles. The number of carbonyl (C=O) groups is 1. The zero-order valence-corrected chi connectivity index (χ0v) is 25.1. The van der Waals surface area contributed by atoms with Crippen LogP contribution < -0.4 is 5.32 Å². The fourth-order valence-corrected chi connectivity index (χ4v) is 6.31. The second-order valence-corrected chi connectivity index (χ2v) is 12.0. The molecule has 4 nitrogen and oxygen atoms in total. The highest BCUT2D eigenvalue weighted by Gasteiger charge is 2.22. The molecule has 0 spiro atoms. The number of amides is 1. The lowest BCUT2D eigenvalue weighted by molar-refractivity contribution is 0.0744. The summed E-state index contributed by atoms with van der Waals surface area (Å²) in [6.45, 7) is 5.56. The van der Waals surface area contributed by atoms with E-state index < -0.39 is 0 Å². The summed E-state index contributed by atoms with van der Waals surface area (Å²) in [7, 11) is 0. The van der Waals surface area contributed by atoms with Crippen LogP contribution in [0.25, 0.3) is 0 Å². The lowest BCUT2D eigenvalue weighted by Gasteiger charge is -2.29. The van der Waals surface area contributed by atoms with Crippen molar-refractivity contribution in [3.8, 4) is 5.75 Å². The third-order valence-electron chi connectivity index (χ3n) is 8.91. The molecule has 0 bridgehead atoms. The zero-order valence-electron chi connectivity index (χ0n) is 25.1. The first-order valence-electron chi connectivity index (χ1n) is 16.0. The molecule has 220 valence electrons. The van der Waals surface area contributed by atoms with Gasteiger partial charge in [-0.2, -0.15) is 0 Å². The lowest BCUT2D eigenvalue weighted by atomic mass is 9.79. The van der Waals surface area contributed by atoms with Crippen LogP contribution in [-0.4, -0.2) is 35.5 Å². The van der Waals surface area contributed by atoms with Gasteiger partial charge in [0.1, 0.15) is 5.75 Å². The van der Waals surface area contributed by atoms with E-state index >= 15 is 0 Å². The quantitative estimate of drug-likeness (QED) is 0.176. The number of aryl methyl sites for hydroxylation is 1. The van der Waals surface area contributed by atoms with Crippen LogP contribution in [0.4, 0.5) is 0 Å². The number of nitrogens with one attached hydrogen (secondary N) is 1. The SMILES string of the molecule is CC(CCCN(CCCCc1ccccc1)C(=O)c1ccccc1CNCCc1ccc(O)cc1)C1CCCCC1. The molecule has 1 unspecified atom stereocenters. The van der Waals surface area contributed by atoms with Crippen molar-refractivity contribution >= 4 is 5.91 Å². The van der Waals surface area contributed by atoms with Gasteiger partial charge >= 0.3 is 0 Å². The van der Waals surface area contributed by atoms with E-state index in [9.17, 15) is 9.90 Å². The van der Waals surface area contributed by atoms with Crippen LogP contribution in [0.5, 0.6) is 5.75 Å². The van der Waals surface area contributed by atoms with E-state index in [1.807, 2.05) is 30.3 Å². The Labute approximate surface area is 248 Å². The van der Waals surface area contributed by atoms with E-state index in [4.69, 9.17) is 0 Å². The average molecular weight is 555 g/mol. The molecule has 1 fully saturated rings. The smallest absolute Gasteiger partial charge is 0.254 e. The zero-order chi connectivity index (χ0) is 28.7. The van der Waals surface area contributed by atoms with Gasteiger partial charge in [-0.1, -0.05) is 99.7 Å². The number of nitrogens with zero attached hydrogens (tertiary/aromatic N) is 1. The molecule has 1 saturated carbocycles. The molecule has 3 aromatic rings. The van der Waals surface area contributed by atoms with Gasteiger partial charge in [0, 0.05) is 25.2 Å². The van der Waals surface area contributed by atoms with Crippen LogP contribution in [0.2, 0.25) is 0 Å². The molecule has 4 rings (SSSR count). The summed E-state index contributed by atoms with van der Waals surface area (Å²) in [5.41, 5.74) is 4.44. The lowest BCUT2D eigenvalue weighted by Crippen LogP contribution is -2.34. The molecular formula is C37H50N2O2. The molecule has 0 heterocycles. The number of carbonyl (C=O) groups excluding carboxylic acids is 1. The molecule has 0 saturated heterocycles. The van der Waals surface area contributed by atoms with Crippen molar-refractivity contribution in [2.45, 2.75) is 84.1 Å². The summed E-state index contributed by atoms with van der Waals surface area (Å²) in [6.07, 6.45) is 13.3. The summed E-state index contributed by atoms with van der Waals surface area (Å²) >= 11 is 0. The third kappa shape index (κ3) is 10.3. The minimum Gasteiger partial charge on any atom is -0.508 e. The molecule has 1 atom stereocenters. The molecular weight excluding hydrogens is 504 g/mol. The first kappa shape index (κ1) is 30.8. The summed E-state index contributed by atoms with van der Waals surface area (Å²) in [5, 5.41) is 13.0. The second kappa shape index (κ2) is 17.0. The van der Waals surface area contributed by atoms with Crippen LogP contribution in [0, 0.1) is 11.8 Å². The Hall–Kier alpha value is -3.11. The Morgan fingerprint density at radius 2 is 1.51 bits per heavy atom. The van der Waals surface area contributed by atoms with Gasteiger partial charge in [0.05, 0.1) is 0 Å². The van der Waals surface area contributed by atoms with E-state index in [0.29, 0.717) is 12.3 Å². The molecule has 4 heteroatoms. The predicted octanol–water partition coefficient (Wildman–Crippen LogP) is 8.19. The van der Waals surface area contributed by atoms with Crippen molar-refractivity contribution in [2.75, 3.05) is 19.6 Å². The molecule has 1 aliphatic rings. The normalized spacial score (nSPS) is 14.6. The van der Waals surface area contributed by atoms with Gasteiger partial charge in [0.15, 0.2) is 0 Å². The van der Waals surface area contributed by atoms with E-state index in [1.165, 1.54) is 49.7 Å². The number of rotatable bonds is 16. The standard InChI is InChI=1S/C37H50N2O2/c1-30(33-17-6-3-7-18-33)13-12-28-39(27-11-10-16-31-14-4-2-5-15-31)37(41)36-20-9-8-19-34(36)29-38-26-25-32-21-23-35(40)24-22-32/h2,4-5,8-9,14-15,19-24,30,33,38,40H,3,6-7,10-13,16-18,25-29H2,1H3. The monoisotopic (exact) mass is 554 g/mol. The Kier molecular flexibility index (Phi) is 12.8. The van der Waals surface area contributed by atoms with Crippen LogP contribution in [0.3, 0.4) is 0 Å². The topological polar surface area (TPSA) is 52.6 Å². The van der Waals surface area contributed by atoms with Crippen LogP contribution in [0.15, 0.2) is 78.9 Å². The van der Waals surface area contributed by atoms with Gasteiger partial charge in [-0.15, -0.1) is 0 Å². The van der Waals surface area contributed by atoms with Crippen molar-refractivity contribution in [1.29, 1.82) is 0 Å². The van der Waals surface area contributed by atoms with E-state index in [2.05, 4.69) is 53.5 Å². The Morgan fingerprint density at radius 1 is 0.829 bits per heavy atom. The van der Waals surface area contributed by atoms with Crippen molar-refractivity contribution in [2.24, 2.45) is 11.8 Å². The summed E-state index contributed by atoms with van der Waals surface area (Å²) in [5.74, 6) is 2.08.